The molecule has 1 rings (SSSR count). The molecule has 0 aromatic carbocycles. The fourth-order valence-corrected chi connectivity index (χ4v) is 3.01. The van der Waals surface area contributed by atoms with Crippen LogP contribution in [0.2, 0.25) is 0 Å². The van der Waals surface area contributed by atoms with Crippen molar-refractivity contribution < 1.29 is 13.6 Å². The van der Waals surface area contributed by atoms with Gasteiger partial charge in [-0.15, -0.1) is 0 Å². The first kappa shape index (κ1) is 14.2. The molecule has 0 heterocycles. The normalized spacial score (nSPS) is 17.6. The summed E-state index contributed by atoms with van der Waals surface area (Å²) in [6.07, 6.45) is 2.74. The maximum atomic E-state index is 11.9. The van der Waals surface area contributed by atoms with E-state index in [1.807, 2.05) is 6.92 Å². The number of nitrogens with one attached hydrogen (secondary N) is 1. The first-order valence-electron chi connectivity index (χ1n) is 5.74. The van der Waals surface area contributed by atoms with Crippen LogP contribution in [0.5, 0.6) is 0 Å². The van der Waals surface area contributed by atoms with Gasteiger partial charge in [-0.2, -0.15) is 12.7 Å². The predicted octanol–water partition coefficient (Wildman–Crippen LogP) is -0.168. The molecule has 0 aromatic heterocycles. The Morgan fingerprint density at radius 2 is 2.24 bits per heavy atom. The lowest BCUT2D eigenvalue weighted by Crippen LogP contribution is -2.43. The molecule has 0 unspecified atom stereocenters. The SMILES string of the molecule is CCCNS(=O)(=O)N(CCC(N)=NO)C1CC1. The van der Waals surface area contributed by atoms with Crippen LogP contribution >= 0.6 is 0 Å². The smallest absolute Gasteiger partial charge is 0.279 e. The maximum absolute atomic E-state index is 11.9. The summed E-state index contributed by atoms with van der Waals surface area (Å²) in [4.78, 5) is 0. The van der Waals surface area contributed by atoms with Crippen LogP contribution in [-0.2, 0) is 10.2 Å². The second-order valence-corrected chi connectivity index (χ2v) is 5.79. The molecular formula is C9H20N4O3S. The summed E-state index contributed by atoms with van der Waals surface area (Å²) in [5.74, 6) is 0.0429. The minimum atomic E-state index is -3.43. The van der Waals surface area contributed by atoms with Crippen molar-refractivity contribution in [1.29, 1.82) is 0 Å². The molecule has 1 aliphatic carbocycles. The quantitative estimate of drug-likeness (QED) is 0.245. The van der Waals surface area contributed by atoms with Crippen molar-refractivity contribution in [3.05, 3.63) is 0 Å². The maximum Gasteiger partial charge on any atom is 0.279 e. The van der Waals surface area contributed by atoms with Gasteiger partial charge in [0, 0.05) is 25.6 Å². The van der Waals surface area contributed by atoms with Crippen LogP contribution in [-0.4, -0.2) is 42.9 Å². The predicted molar refractivity (Wildman–Crippen MR) is 65.0 cm³/mol. The van der Waals surface area contributed by atoms with Crippen molar-refractivity contribution in [1.82, 2.24) is 9.03 Å². The summed E-state index contributed by atoms with van der Waals surface area (Å²) < 4.78 is 27.8. The number of oxime groups is 1. The summed E-state index contributed by atoms with van der Waals surface area (Å²) in [5, 5.41) is 11.3. The van der Waals surface area contributed by atoms with Crippen LogP contribution in [0.1, 0.15) is 32.6 Å². The highest BCUT2D eigenvalue weighted by Gasteiger charge is 2.36. The molecule has 1 saturated carbocycles. The lowest BCUT2D eigenvalue weighted by atomic mass is 10.4. The van der Waals surface area contributed by atoms with Gasteiger partial charge in [0.05, 0.1) is 0 Å². The van der Waals surface area contributed by atoms with E-state index >= 15 is 0 Å². The van der Waals surface area contributed by atoms with E-state index in [2.05, 4.69) is 9.88 Å². The number of rotatable bonds is 8. The molecule has 0 atom stereocenters. The molecule has 0 aromatic rings. The molecule has 0 saturated heterocycles. The average Bonchev–Trinajstić information content (AvgIpc) is 3.10. The third kappa shape index (κ3) is 4.49. The van der Waals surface area contributed by atoms with Gasteiger partial charge >= 0.3 is 0 Å². The van der Waals surface area contributed by atoms with E-state index in [0.29, 0.717) is 6.54 Å². The van der Waals surface area contributed by atoms with Gasteiger partial charge in [-0.3, -0.25) is 0 Å². The second kappa shape index (κ2) is 6.18. The molecule has 0 radical (unpaired) electrons. The molecule has 100 valence electrons. The molecule has 0 bridgehead atoms. The van der Waals surface area contributed by atoms with E-state index in [4.69, 9.17) is 10.9 Å². The van der Waals surface area contributed by atoms with E-state index in [1.165, 1.54) is 4.31 Å². The first-order chi connectivity index (χ1) is 8.01. The van der Waals surface area contributed by atoms with Crippen LogP contribution < -0.4 is 10.5 Å². The van der Waals surface area contributed by atoms with Gasteiger partial charge in [0.2, 0.25) is 0 Å². The number of hydrogen-bond donors (Lipinski definition) is 3. The van der Waals surface area contributed by atoms with Crippen LogP contribution in [0.4, 0.5) is 0 Å². The lowest BCUT2D eigenvalue weighted by molar-refractivity contribution is 0.315. The van der Waals surface area contributed by atoms with Gasteiger partial charge in [0.25, 0.3) is 10.2 Å². The number of nitrogens with zero attached hydrogens (tertiary/aromatic N) is 2. The average molecular weight is 264 g/mol. The molecular weight excluding hydrogens is 244 g/mol. The monoisotopic (exact) mass is 264 g/mol. The van der Waals surface area contributed by atoms with Gasteiger partial charge in [-0.05, 0) is 19.3 Å². The zero-order valence-corrected chi connectivity index (χ0v) is 10.8. The number of amidine groups is 1. The Morgan fingerprint density at radius 3 is 2.71 bits per heavy atom. The van der Waals surface area contributed by atoms with Crippen molar-refractivity contribution in [3.8, 4) is 0 Å². The Kier molecular flexibility index (Phi) is 5.16. The fraction of sp³-hybridized carbons (Fsp3) is 0.889. The van der Waals surface area contributed by atoms with Crippen molar-refractivity contribution in [2.75, 3.05) is 13.1 Å². The summed E-state index contributed by atoms with van der Waals surface area (Å²) >= 11 is 0. The molecule has 0 amide bonds. The standard InChI is InChI=1S/C9H20N4O3S/c1-2-6-11-17(15,16)13(8-3-4-8)7-5-9(10)12-14/h8,11,14H,2-7H2,1H3,(H2,10,12). The van der Waals surface area contributed by atoms with E-state index in [-0.39, 0.29) is 24.8 Å². The summed E-state index contributed by atoms with van der Waals surface area (Å²) in [6.45, 7) is 2.58. The number of hydrogen-bond acceptors (Lipinski definition) is 4. The molecule has 17 heavy (non-hydrogen) atoms. The minimum absolute atomic E-state index is 0.0429. The van der Waals surface area contributed by atoms with Crippen molar-refractivity contribution in [2.45, 2.75) is 38.6 Å². The Balaban J connectivity index is 2.59. The van der Waals surface area contributed by atoms with Crippen molar-refractivity contribution in [3.63, 3.8) is 0 Å². The Hall–Kier alpha value is -0.860. The van der Waals surface area contributed by atoms with Gasteiger partial charge in [0.1, 0.15) is 5.84 Å². The largest absolute Gasteiger partial charge is 0.409 e. The molecule has 4 N–H and O–H groups in total. The van der Waals surface area contributed by atoms with Crippen LogP contribution in [0.3, 0.4) is 0 Å². The highest BCUT2D eigenvalue weighted by Crippen LogP contribution is 2.28. The van der Waals surface area contributed by atoms with Crippen LogP contribution in [0, 0.1) is 0 Å². The molecule has 0 spiro atoms. The first-order valence-corrected chi connectivity index (χ1v) is 7.18. The third-order valence-electron chi connectivity index (χ3n) is 2.51. The topological polar surface area (TPSA) is 108 Å². The Labute approximate surface area is 102 Å². The minimum Gasteiger partial charge on any atom is -0.409 e. The van der Waals surface area contributed by atoms with Crippen LogP contribution in [0.15, 0.2) is 5.16 Å². The molecule has 1 fully saturated rings. The number of nitrogens with two attached hydrogens (primary N) is 1. The van der Waals surface area contributed by atoms with Crippen molar-refractivity contribution >= 4 is 16.0 Å². The zero-order chi connectivity index (χ0) is 12.9. The van der Waals surface area contributed by atoms with E-state index in [1.54, 1.807) is 0 Å². The van der Waals surface area contributed by atoms with E-state index < -0.39 is 10.2 Å². The van der Waals surface area contributed by atoms with Gasteiger partial charge < -0.3 is 10.9 Å². The highest BCUT2D eigenvalue weighted by atomic mass is 32.2. The van der Waals surface area contributed by atoms with E-state index in [9.17, 15) is 8.42 Å². The highest BCUT2D eigenvalue weighted by molar-refractivity contribution is 7.87. The molecule has 1 aliphatic rings. The Morgan fingerprint density at radius 1 is 1.59 bits per heavy atom. The van der Waals surface area contributed by atoms with Crippen molar-refractivity contribution in [2.24, 2.45) is 10.9 Å². The summed E-state index contributed by atoms with van der Waals surface area (Å²) in [7, 11) is -3.43. The van der Waals surface area contributed by atoms with Gasteiger partial charge in [-0.1, -0.05) is 12.1 Å². The third-order valence-corrected chi connectivity index (χ3v) is 4.18. The zero-order valence-electron chi connectivity index (χ0n) is 9.96. The Bertz CT molecular complexity index is 364. The van der Waals surface area contributed by atoms with Crippen LogP contribution in [0.25, 0.3) is 0 Å². The fourth-order valence-electron chi connectivity index (χ4n) is 1.45. The second-order valence-electron chi connectivity index (χ2n) is 4.08. The van der Waals surface area contributed by atoms with Gasteiger partial charge in [0.15, 0.2) is 0 Å². The molecule has 0 aliphatic heterocycles. The summed E-state index contributed by atoms with van der Waals surface area (Å²) in [6, 6.07) is 0.0656. The molecule has 7 nitrogen and oxygen atoms in total. The van der Waals surface area contributed by atoms with Gasteiger partial charge in [-0.25, -0.2) is 4.72 Å². The summed E-state index contributed by atoms with van der Waals surface area (Å²) in [5.41, 5.74) is 5.34. The lowest BCUT2D eigenvalue weighted by Gasteiger charge is -2.21. The molecule has 8 heteroatoms. The van der Waals surface area contributed by atoms with E-state index in [0.717, 1.165) is 19.3 Å².